The topological polar surface area (TPSA) is 75.9 Å². The van der Waals surface area contributed by atoms with Crippen LogP contribution in [0.25, 0.3) is 5.65 Å². The van der Waals surface area contributed by atoms with Crippen molar-refractivity contribution in [1.82, 2.24) is 24.5 Å². The molecule has 5 heterocycles. The molecule has 0 radical (unpaired) electrons. The van der Waals surface area contributed by atoms with Gasteiger partial charge < -0.3 is 14.5 Å². The number of amides is 1. The van der Waals surface area contributed by atoms with Crippen LogP contribution in [0.3, 0.4) is 0 Å². The Balaban J connectivity index is 1.18. The van der Waals surface area contributed by atoms with E-state index in [0.29, 0.717) is 11.8 Å². The van der Waals surface area contributed by atoms with Gasteiger partial charge in [-0.3, -0.25) is 4.79 Å². The third-order valence-electron chi connectivity index (χ3n) is 6.33. The van der Waals surface area contributed by atoms with Gasteiger partial charge in [0.2, 0.25) is 11.8 Å². The Bertz CT molecular complexity index is 1030. The highest BCUT2D eigenvalue weighted by Gasteiger charge is 2.41. The molecule has 0 N–H and O–H groups in total. The second-order valence-corrected chi connectivity index (χ2v) is 8.06. The third kappa shape index (κ3) is 3.46. The van der Waals surface area contributed by atoms with Crippen LogP contribution >= 0.6 is 0 Å². The Kier molecular flexibility index (Phi) is 4.98. The molecule has 0 spiro atoms. The van der Waals surface area contributed by atoms with Crippen LogP contribution < -0.4 is 9.64 Å². The van der Waals surface area contributed by atoms with Crippen molar-refractivity contribution in [3.8, 4) is 5.88 Å². The van der Waals surface area contributed by atoms with Crippen LogP contribution in [0.2, 0.25) is 0 Å². The monoisotopic (exact) mass is 406 g/mol. The summed E-state index contributed by atoms with van der Waals surface area (Å²) < 4.78 is 7.04. The number of carbonyl (C=O) groups is 1. The molecule has 2 fully saturated rings. The Morgan fingerprint density at radius 1 is 1.17 bits per heavy atom. The summed E-state index contributed by atoms with van der Waals surface area (Å²) >= 11 is 0. The van der Waals surface area contributed by atoms with Crippen molar-refractivity contribution in [3.05, 3.63) is 48.5 Å². The van der Waals surface area contributed by atoms with Gasteiger partial charge in [0.15, 0.2) is 5.65 Å². The number of pyridine rings is 2. The first-order valence-corrected chi connectivity index (χ1v) is 10.6. The number of anilines is 1. The first-order chi connectivity index (χ1) is 14.7. The SMILES string of the molecule is COc1ccc(N2CCN3C(=O)[C@@H](CCCc4cccc5ncnn45)C[C@H]3C2)cn1. The number of ether oxygens (including phenoxy) is 1. The highest BCUT2D eigenvalue weighted by atomic mass is 16.5. The van der Waals surface area contributed by atoms with E-state index >= 15 is 0 Å². The molecule has 0 saturated carbocycles. The minimum absolute atomic E-state index is 0.124. The first-order valence-electron chi connectivity index (χ1n) is 10.6. The van der Waals surface area contributed by atoms with E-state index in [4.69, 9.17) is 4.74 Å². The van der Waals surface area contributed by atoms with Crippen molar-refractivity contribution >= 4 is 17.2 Å². The summed E-state index contributed by atoms with van der Waals surface area (Å²) in [7, 11) is 1.62. The second kappa shape index (κ2) is 7.93. The van der Waals surface area contributed by atoms with Gasteiger partial charge in [0.05, 0.1) is 25.0 Å². The largest absolute Gasteiger partial charge is 0.481 e. The van der Waals surface area contributed by atoms with Crippen LogP contribution in [-0.4, -0.2) is 63.2 Å². The van der Waals surface area contributed by atoms with Crippen molar-refractivity contribution in [3.63, 3.8) is 0 Å². The molecule has 2 saturated heterocycles. The zero-order valence-corrected chi connectivity index (χ0v) is 17.1. The molecule has 8 nitrogen and oxygen atoms in total. The maximum atomic E-state index is 12.9. The lowest BCUT2D eigenvalue weighted by molar-refractivity contribution is -0.132. The zero-order chi connectivity index (χ0) is 20.5. The Morgan fingerprint density at radius 2 is 2.10 bits per heavy atom. The summed E-state index contributed by atoms with van der Waals surface area (Å²) in [6, 6.07) is 10.3. The minimum atomic E-state index is 0.124. The number of aromatic nitrogens is 4. The van der Waals surface area contributed by atoms with Gasteiger partial charge in [-0.15, -0.1) is 0 Å². The van der Waals surface area contributed by atoms with E-state index in [9.17, 15) is 4.79 Å². The molecular weight excluding hydrogens is 380 g/mol. The van der Waals surface area contributed by atoms with E-state index in [1.54, 1.807) is 13.4 Å². The van der Waals surface area contributed by atoms with E-state index in [2.05, 4.69) is 30.9 Å². The van der Waals surface area contributed by atoms with Gasteiger partial charge in [-0.2, -0.15) is 5.10 Å². The molecule has 2 aliphatic rings. The van der Waals surface area contributed by atoms with Gasteiger partial charge >= 0.3 is 0 Å². The maximum Gasteiger partial charge on any atom is 0.226 e. The van der Waals surface area contributed by atoms with Gasteiger partial charge in [-0.25, -0.2) is 14.5 Å². The van der Waals surface area contributed by atoms with Crippen LogP contribution in [0.1, 0.15) is 25.0 Å². The molecule has 0 unspecified atom stereocenters. The van der Waals surface area contributed by atoms with Gasteiger partial charge in [0, 0.05) is 37.3 Å². The summed E-state index contributed by atoms with van der Waals surface area (Å²) in [5, 5.41) is 4.30. The average molecular weight is 406 g/mol. The van der Waals surface area contributed by atoms with E-state index in [-0.39, 0.29) is 12.0 Å². The molecule has 3 aromatic rings. The standard InChI is InChI=1S/C22H26N6O2/c1-30-21-9-8-18(13-23-21)26-10-11-27-19(14-26)12-16(22(27)29)4-2-5-17-6-3-7-20-24-15-25-28(17)20/h3,6-9,13,15-16,19H,2,4-5,10-12,14H2,1H3/t16-,19-/m0/s1. The summed E-state index contributed by atoms with van der Waals surface area (Å²) in [6.45, 7) is 2.50. The van der Waals surface area contributed by atoms with Gasteiger partial charge in [-0.05, 0) is 43.9 Å². The average Bonchev–Trinajstić information content (AvgIpc) is 3.39. The smallest absolute Gasteiger partial charge is 0.226 e. The lowest BCUT2D eigenvalue weighted by atomic mass is 9.97. The molecule has 30 heavy (non-hydrogen) atoms. The van der Waals surface area contributed by atoms with Gasteiger partial charge in [-0.1, -0.05) is 6.07 Å². The van der Waals surface area contributed by atoms with E-state index < -0.39 is 0 Å². The van der Waals surface area contributed by atoms with Crippen LogP contribution in [-0.2, 0) is 11.2 Å². The summed E-state index contributed by atoms with van der Waals surface area (Å²) in [4.78, 5) is 25.9. The second-order valence-electron chi connectivity index (χ2n) is 8.06. The number of aryl methyl sites for hydroxylation is 1. The van der Waals surface area contributed by atoms with Crippen molar-refractivity contribution in [1.29, 1.82) is 0 Å². The fraction of sp³-hybridized carbons (Fsp3) is 0.455. The molecule has 0 aliphatic carbocycles. The normalized spacial score (nSPS) is 21.3. The van der Waals surface area contributed by atoms with Gasteiger partial charge in [0.25, 0.3) is 0 Å². The number of piperazine rings is 1. The first kappa shape index (κ1) is 18.8. The number of rotatable bonds is 6. The lowest BCUT2D eigenvalue weighted by Crippen LogP contribution is -2.51. The minimum Gasteiger partial charge on any atom is -0.481 e. The van der Waals surface area contributed by atoms with Crippen molar-refractivity contribution in [2.45, 2.75) is 31.7 Å². The highest BCUT2D eigenvalue weighted by Crippen LogP contribution is 2.32. The Labute approximate surface area is 175 Å². The quantitative estimate of drug-likeness (QED) is 0.625. The van der Waals surface area contributed by atoms with Crippen LogP contribution in [0, 0.1) is 5.92 Å². The highest BCUT2D eigenvalue weighted by molar-refractivity contribution is 5.82. The number of carbonyl (C=O) groups excluding carboxylic acids is 1. The Hall–Kier alpha value is -3.16. The molecule has 2 atom stereocenters. The van der Waals surface area contributed by atoms with Crippen molar-refractivity contribution in [2.75, 3.05) is 31.6 Å². The molecule has 5 rings (SSSR count). The number of nitrogens with zero attached hydrogens (tertiary/aromatic N) is 6. The van der Waals surface area contributed by atoms with E-state index in [1.807, 2.05) is 35.0 Å². The molecule has 0 bridgehead atoms. The molecule has 156 valence electrons. The maximum absolute atomic E-state index is 12.9. The van der Waals surface area contributed by atoms with E-state index in [0.717, 1.165) is 62.3 Å². The van der Waals surface area contributed by atoms with Crippen LogP contribution in [0.4, 0.5) is 5.69 Å². The number of hydrogen-bond donors (Lipinski definition) is 0. The van der Waals surface area contributed by atoms with E-state index in [1.165, 1.54) is 0 Å². The Morgan fingerprint density at radius 3 is 2.93 bits per heavy atom. The lowest BCUT2D eigenvalue weighted by Gasteiger charge is -2.38. The molecule has 3 aromatic heterocycles. The van der Waals surface area contributed by atoms with Crippen LogP contribution in [0.5, 0.6) is 5.88 Å². The van der Waals surface area contributed by atoms with Crippen molar-refractivity contribution < 1.29 is 9.53 Å². The number of hydrogen-bond acceptors (Lipinski definition) is 6. The summed E-state index contributed by atoms with van der Waals surface area (Å²) in [5.74, 6) is 1.07. The fourth-order valence-electron chi connectivity index (χ4n) is 4.79. The fourth-order valence-corrected chi connectivity index (χ4v) is 4.79. The molecule has 8 heteroatoms. The molecule has 1 amide bonds. The predicted molar refractivity (Wildman–Crippen MR) is 113 cm³/mol. The molecule has 2 aliphatic heterocycles. The summed E-state index contributed by atoms with van der Waals surface area (Å²) in [6.07, 6.45) is 7.17. The summed E-state index contributed by atoms with van der Waals surface area (Å²) in [5.41, 5.74) is 3.10. The zero-order valence-electron chi connectivity index (χ0n) is 17.1. The number of methoxy groups -OCH3 is 1. The van der Waals surface area contributed by atoms with Crippen LogP contribution in [0.15, 0.2) is 42.9 Å². The van der Waals surface area contributed by atoms with Crippen molar-refractivity contribution in [2.24, 2.45) is 5.92 Å². The molecular formula is C22H26N6O2. The number of fused-ring (bicyclic) bond motifs is 2. The predicted octanol–water partition coefficient (Wildman–Crippen LogP) is 2.19. The molecule has 0 aromatic carbocycles. The third-order valence-corrected chi connectivity index (χ3v) is 6.33. The van der Waals surface area contributed by atoms with Gasteiger partial charge in [0.1, 0.15) is 6.33 Å².